The Labute approximate surface area is 155 Å². The molecular weight excluding hydrogens is 346 g/mol. The summed E-state index contributed by atoms with van der Waals surface area (Å²) < 4.78 is 10.4. The number of rotatable bonds is 4. The van der Waals surface area contributed by atoms with Crippen molar-refractivity contribution in [1.29, 1.82) is 0 Å². The van der Waals surface area contributed by atoms with E-state index in [0.717, 1.165) is 22.8 Å². The van der Waals surface area contributed by atoms with Gasteiger partial charge in [0.15, 0.2) is 12.0 Å². The number of para-hydroxylation sites is 1. The number of nitrogens with one attached hydrogen (secondary N) is 1. The number of esters is 1. The summed E-state index contributed by atoms with van der Waals surface area (Å²) in [4.78, 5) is 36.3. The molecule has 0 spiro atoms. The number of fused-ring (bicyclic) bond motifs is 1. The number of hydrogen-bond donors (Lipinski definition) is 1. The van der Waals surface area contributed by atoms with E-state index in [4.69, 9.17) is 9.15 Å². The second kappa shape index (κ2) is 7.45. The molecule has 0 saturated carbocycles. The van der Waals surface area contributed by atoms with E-state index < -0.39 is 18.5 Å². The molecule has 1 amide bonds. The van der Waals surface area contributed by atoms with Crippen LogP contribution >= 0.6 is 0 Å². The summed E-state index contributed by atoms with van der Waals surface area (Å²) in [5, 5.41) is 3.12. The first-order chi connectivity index (χ1) is 12.8. The van der Waals surface area contributed by atoms with Gasteiger partial charge in [0.25, 0.3) is 5.91 Å². The molecule has 0 saturated heterocycles. The fraction of sp³-hybridized carbons (Fsp3) is 0.190. The van der Waals surface area contributed by atoms with Crippen molar-refractivity contribution < 1.29 is 18.7 Å². The van der Waals surface area contributed by atoms with Crippen LogP contribution in [-0.2, 0) is 9.53 Å². The van der Waals surface area contributed by atoms with Gasteiger partial charge < -0.3 is 14.5 Å². The van der Waals surface area contributed by atoms with Gasteiger partial charge in [0.05, 0.1) is 5.39 Å². The van der Waals surface area contributed by atoms with Crippen molar-refractivity contribution >= 4 is 28.5 Å². The molecule has 1 heterocycles. The zero-order valence-electron chi connectivity index (χ0n) is 15.3. The normalized spacial score (nSPS) is 10.6. The molecule has 27 heavy (non-hydrogen) atoms. The van der Waals surface area contributed by atoms with Crippen LogP contribution in [-0.4, -0.2) is 18.5 Å². The molecule has 0 bridgehead atoms. The molecule has 138 valence electrons. The van der Waals surface area contributed by atoms with Crippen LogP contribution in [0.3, 0.4) is 0 Å². The molecule has 2 aromatic carbocycles. The van der Waals surface area contributed by atoms with Gasteiger partial charge in [-0.15, -0.1) is 0 Å². The van der Waals surface area contributed by atoms with E-state index in [1.54, 1.807) is 24.3 Å². The van der Waals surface area contributed by atoms with Crippen LogP contribution in [0.1, 0.15) is 27.2 Å². The van der Waals surface area contributed by atoms with E-state index in [1.807, 2.05) is 32.9 Å². The molecule has 0 atom stereocenters. The third-order valence-electron chi connectivity index (χ3n) is 4.11. The Hall–Kier alpha value is -3.41. The Morgan fingerprint density at radius 2 is 1.70 bits per heavy atom. The highest BCUT2D eigenvalue weighted by atomic mass is 16.5. The Morgan fingerprint density at radius 3 is 2.41 bits per heavy atom. The van der Waals surface area contributed by atoms with Crippen LogP contribution in [0.2, 0.25) is 0 Å². The summed E-state index contributed by atoms with van der Waals surface area (Å²) >= 11 is 0. The molecule has 1 aromatic heterocycles. The largest absolute Gasteiger partial charge is 0.450 e. The van der Waals surface area contributed by atoms with E-state index in [1.165, 1.54) is 0 Å². The first-order valence-corrected chi connectivity index (χ1v) is 8.43. The second-order valence-electron chi connectivity index (χ2n) is 6.37. The van der Waals surface area contributed by atoms with Gasteiger partial charge in [-0.25, -0.2) is 4.79 Å². The van der Waals surface area contributed by atoms with Crippen molar-refractivity contribution in [2.75, 3.05) is 11.9 Å². The van der Waals surface area contributed by atoms with Crippen molar-refractivity contribution in [3.63, 3.8) is 0 Å². The maximum Gasteiger partial charge on any atom is 0.374 e. The van der Waals surface area contributed by atoms with Gasteiger partial charge in [0, 0.05) is 11.8 Å². The molecule has 1 N–H and O–H groups in total. The van der Waals surface area contributed by atoms with Gasteiger partial charge in [0.1, 0.15) is 5.58 Å². The van der Waals surface area contributed by atoms with Crippen molar-refractivity contribution in [3.05, 3.63) is 75.1 Å². The quantitative estimate of drug-likeness (QED) is 0.715. The summed E-state index contributed by atoms with van der Waals surface area (Å²) in [7, 11) is 0. The maximum absolute atomic E-state index is 12.1. The first-order valence-electron chi connectivity index (χ1n) is 8.43. The minimum atomic E-state index is -0.870. The zero-order valence-corrected chi connectivity index (χ0v) is 15.3. The number of anilines is 1. The lowest BCUT2D eigenvalue weighted by Crippen LogP contribution is -2.22. The van der Waals surface area contributed by atoms with E-state index >= 15 is 0 Å². The number of amides is 1. The van der Waals surface area contributed by atoms with E-state index in [-0.39, 0.29) is 16.8 Å². The van der Waals surface area contributed by atoms with Crippen molar-refractivity contribution in [2.24, 2.45) is 0 Å². The molecule has 3 aromatic rings. The lowest BCUT2D eigenvalue weighted by atomic mass is 10.1. The minimum absolute atomic E-state index is 0.241. The molecule has 6 nitrogen and oxygen atoms in total. The van der Waals surface area contributed by atoms with Crippen LogP contribution in [0.5, 0.6) is 0 Å². The number of ether oxygens (including phenoxy) is 1. The van der Waals surface area contributed by atoms with Gasteiger partial charge in [-0.1, -0.05) is 29.8 Å². The number of aryl methyl sites for hydroxylation is 3. The topological polar surface area (TPSA) is 85.6 Å². The van der Waals surface area contributed by atoms with Crippen LogP contribution in [0, 0.1) is 20.8 Å². The number of benzene rings is 2. The highest BCUT2D eigenvalue weighted by Gasteiger charge is 2.16. The zero-order chi connectivity index (χ0) is 19.6. The summed E-state index contributed by atoms with van der Waals surface area (Å²) in [6.45, 7) is 5.28. The van der Waals surface area contributed by atoms with Gasteiger partial charge in [-0.05, 0) is 44.0 Å². The van der Waals surface area contributed by atoms with Crippen LogP contribution < -0.4 is 10.7 Å². The Bertz CT molecular complexity index is 1070. The molecular formula is C21H19NO5. The molecule has 6 heteroatoms. The predicted molar refractivity (Wildman–Crippen MR) is 102 cm³/mol. The Kier molecular flexibility index (Phi) is 5.07. The fourth-order valence-corrected chi connectivity index (χ4v) is 2.96. The van der Waals surface area contributed by atoms with Crippen LogP contribution in [0.4, 0.5) is 5.69 Å². The van der Waals surface area contributed by atoms with Crippen molar-refractivity contribution in [3.8, 4) is 0 Å². The molecule has 3 rings (SSSR count). The molecule has 0 aliphatic heterocycles. The lowest BCUT2D eigenvalue weighted by Gasteiger charge is -2.13. The van der Waals surface area contributed by atoms with Crippen molar-refractivity contribution in [2.45, 2.75) is 20.8 Å². The van der Waals surface area contributed by atoms with Gasteiger partial charge in [-0.2, -0.15) is 0 Å². The smallest absolute Gasteiger partial charge is 0.374 e. The van der Waals surface area contributed by atoms with E-state index in [9.17, 15) is 14.4 Å². The average Bonchev–Trinajstić information content (AvgIpc) is 2.62. The molecule has 0 aliphatic carbocycles. The molecule has 0 aliphatic rings. The average molecular weight is 365 g/mol. The third-order valence-corrected chi connectivity index (χ3v) is 4.11. The van der Waals surface area contributed by atoms with Gasteiger partial charge in [-0.3, -0.25) is 9.59 Å². The number of carbonyl (C=O) groups excluding carboxylic acids is 2. The maximum atomic E-state index is 12.1. The van der Waals surface area contributed by atoms with E-state index in [0.29, 0.717) is 11.1 Å². The predicted octanol–water partition coefficient (Wildman–Crippen LogP) is 3.51. The number of hydrogen-bond acceptors (Lipinski definition) is 5. The van der Waals surface area contributed by atoms with Crippen LogP contribution in [0.15, 0.2) is 51.7 Å². The molecule has 0 radical (unpaired) electrons. The summed E-state index contributed by atoms with van der Waals surface area (Å²) in [5.41, 5.74) is 3.58. The Morgan fingerprint density at radius 1 is 1.04 bits per heavy atom. The highest BCUT2D eigenvalue weighted by molar-refractivity contribution is 5.96. The highest BCUT2D eigenvalue weighted by Crippen LogP contribution is 2.21. The molecule has 0 unspecified atom stereocenters. The van der Waals surface area contributed by atoms with Gasteiger partial charge >= 0.3 is 5.97 Å². The minimum Gasteiger partial charge on any atom is -0.450 e. The monoisotopic (exact) mass is 365 g/mol. The summed E-state index contributed by atoms with van der Waals surface area (Å²) in [6, 6.07) is 11.6. The van der Waals surface area contributed by atoms with Crippen LogP contribution in [0.25, 0.3) is 11.0 Å². The summed E-state index contributed by atoms with van der Waals surface area (Å²) in [5.74, 6) is -1.58. The lowest BCUT2D eigenvalue weighted by molar-refractivity contribution is -0.119. The Balaban J connectivity index is 1.69. The molecule has 0 fully saturated rings. The number of carbonyl (C=O) groups is 2. The van der Waals surface area contributed by atoms with E-state index in [2.05, 4.69) is 5.32 Å². The van der Waals surface area contributed by atoms with Gasteiger partial charge in [0.2, 0.25) is 5.76 Å². The van der Waals surface area contributed by atoms with Crippen molar-refractivity contribution in [1.82, 2.24) is 0 Å². The standard InChI is InChI=1S/C21H19NO5/c1-12-8-13(2)20(14(3)9-12)22-19(24)11-26-21(25)18-10-16(23)15-6-4-5-7-17(15)27-18/h4-10H,11H2,1-3H3,(H,22,24). The third kappa shape index (κ3) is 4.06. The fourth-order valence-electron chi connectivity index (χ4n) is 2.96. The second-order valence-corrected chi connectivity index (χ2v) is 6.37. The summed E-state index contributed by atoms with van der Waals surface area (Å²) in [6.07, 6.45) is 0. The SMILES string of the molecule is Cc1cc(C)c(NC(=O)COC(=O)c2cc(=O)c3ccccc3o2)c(C)c1. The first kappa shape index (κ1) is 18.4.